The van der Waals surface area contributed by atoms with Crippen molar-refractivity contribution >= 4 is 23.3 Å². The van der Waals surface area contributed by atoms with Crippen molar-refractivity contribution in [1.29, 1.82) is 0 Å². The molecule has 1 N–H and O–H groups in total. The van der Waals surface area contributed by atoms with E-state index in [9.17, 15) is 8.78 Å². The molecule has 1 aliphatic rings. The highest BCUT2D eigenvalue weighted by atomic mass is 35.5. The predicted molar refractivity (Wildman–Crippen MR) is 93.1 cm³/mol. The van der Waals surface area contributed by atoms with E-state index in [4.69, 9.17) is 5.10 Å². The van der Waals surface area contributed by atoms with Crippen LogP contribution in [0, 0.1) is 11.6 Å². The fraction of sp³-hybridized carbons (Fsp3) is 0.278. The van der Waals surface area contributed by atoms with Gasteiger partial charge < -0.3 is 5.32 Å². The van der Waals surface area contributed by atoms with E-state index in [1.807, 2.05) is 0 Å². The minimum atomic E-state index is -0.296. The molecule has 0 unspecified atom stereocenters. The number of halogens is 3. The predicted octanol–water partition coefficient (Wildman–Crippen LogP) is 4.19. The maximum Gasteiger partial charge on any atom is 0.125 e. The van der Waals surface area contributed by atoms with Crippen LogP contribution < -0.4 is 5.32 Å². The van der Waals surface area contributed by atoms with Crippen molar-refractivity contribution in [3.63, 3.8) is 0 Å². The Hall–Kier alpha value is -1.98. The summed E-state index contributed by atoms with van der Waals surface area (Å²) in [6.07, 6.45) is 2.04. The maximum absolute atomic E-state index is 13.7. The van der Waals surface area contributed by atoms with Gasteiger partial charge in [-0.15, -0.1) is 12.4 Å². The lowest BCUT2D eigenvalue weighted by atomic mass is 9.92. The van der Waals surface area contributed by atoms with Gasteiger partial charge in [0.15, 0.2) is 0 Å². The molecule has 126 valence electrons. The van der Waals surface area contributed by atoms with Gasteiger partial charge in [-0.1, -0.05) is 0 Å². The Morgan fingerprint density at radius 1 is 0.958 bits per heavy atom. The first-order chi connectivity index (χ1) is 11.2. The summed E-state index contributed by atoms with van der Waals surface area (Å²) in [5.74, 6) is -0.224. The zero-order valence-electron chi connectivity index (χ0n) is 13.0. The van der Waals surface area contributed by atoms with Gasteiger partial charge in [0.25, 0.3) is 0 Å². The molecular weight excluding hydrogens is 332 g/mol. The van der Waals surface area contributed by atoms with Crippen LogP contribution in [0.25, 0.3) is 16.6 Å². The molecule has 1 fully saturated rings. The quantitative estimate of drug-likeness (QED) is 0.751. The second-order valence-corrected chi connectivity index (χ2v) is 5.96. The fourth-order valence-corrected chi connectivity index (χ4v) is 3.29. The van der Waals surface area contributed by atoms with E-state index >= 15 is 0 Å². The summed E-state index contributed by atoms with van der Waals surface area (Å²) in [4.78, 5) is 0. The molecule has 3 aromatic rings. The average molecular weight is 350 g/mol. The zero-order valence-corrected chi connectivity index (χ0v) is 13.8. The molecule has 3 nitrogen and oxygen atoms in total. The highest BCUT2D eigenvalue weighted by molar-refractivity contribution is 5.85. The van der Waals surface area contributed by atoms with E-state index in [1.54, 1.807) is 22.9 Å². The minimum Gasteiger partial charge on any atom is -0.317 e. The number of hydrogen-bond acceptors (Lipinski definition) is 2. The molecule has 4 rings (SSSR count). The van der Waals surface area contributed by atoms with Crippen LogP contribution >= 0.6 is 12.4 Å². The largest absolute Gasteiger partial charge is 0.317 e. The molecular formula is C18H18ClF2N3. The van der Waals surface area contributed by atoms with E-state index < -0.39 is 0 Å². The van der Waals surface area contributed by atoms with Crippen LogP contribution in [-0.2, 0) is 0 Å². The third kappa shape index (κ3) is 3.01. The Balaban J connectivity index is 0.00000169. The third-order valence-electron chi connectivity index (χ3n) is 4.47. The number of hydrogen-bond donors (Lipinski definition) is 1. The molecule has 0 radical (unpaired) electrons. The molecule has 0 amide bonds. The fourth-order valence-electron chi connectivity index (χ4n) is 3.29. The van der Waals surface area contributed by atoms with Crippen LogP contribution in [0.5, 0.6) is 0 Å². The minimum absolute atomic E-state index is 0. The molecule has 0 atom stereocenters. The van der Waals surface area contributed by atoms with Crippen molar-refractivity contribution in [2.75, 3.05) is 13.1 Å². The van der Waals surface area contributed by atoms with Gasteiger partial charge in [-0.3, -0.25) is 0 Å². The van der Waals surface area contributed by atoms with Crippen LogP contribution in [0.1, 0.15) is 24.5 Å². The normalized spacial score (nSPS) is 15.4. The van der Waals surface area contributed by atoms with Crippen molar-refractivity contribution in [2.45, 2.75) is 18.8 Å². The van der Waals surface area contributed by atoms with Crippen LogP contribution in [0.3, 0.4) is 0 Å². The standard InChI is InChI=1S/C18H17F2N3.ClH/c19-13-1-4-15(5-2-13)23-17-11-14(20)3-6-16(17)18(22-23)12-7-9-21-10-8-12;/h1-6,11-12,21H,7-10H2;1H. The Labute approximate surface area is 145 Å². The molecule has 6 heteroatoms. The number of piperidine rings is 1. The molecule has 2 heterocycles. The SMILES string of the molecule is Cl.Fc1ccc(-n2nc(C3CCNCC3)c3ccc(F)cc32)cc1. The number of nitrogens with one attached hydrogen (secondary N) is 1. The van der Waals surface area contributed by atoms with Crippen LogP contribution in [0.15, 0.2) is 42.5 Å². The number of nitrogens with zero attached hydrogens (tertiary/aromatic N) is 2. The van der Waals surface area contributed by atoms with Gasteiger partial charge in [0.05, 0.1) is 16.9 Å². The van der Waals surface area contributed by atoms with Crippen LogP contribution in [-0.4, -0.2) is 22.9 Å². The van der Waals surface area contributed by atoms with Crippen molar-refractivity contribution in [1.82, 2.24) is 15.1 Å². The first kappa shape index (κ1) is 16.9. The summed E-state index contributed by atoms with van der Waals surface area (Å²) in [6, 6.07) is 10.9. The molecule has 1 aliphatic heterocycles. The average Bonchev–Trinajstić information content (AvgIpc) is 2.95. The molecule has 0 saturated carbocycles. The topological polar surface area (TPSA) is 29.9 Å². The highest BCUT2D eigenvalue weighted by Gasteiger charge is 2.22. The third-order valence-corrected chi connectivity index (χ3v) is 4.47. The van der Waals surface area contributed by atoms with Crippen molar-refractivity contribution < 1.29 is 8.78 Å². The molecule has 0 aliphatic carbocycles. The molecule has 1 saturated heterocycles. The van der Waals surface area contributed by atoms with Crippen LogP contribution in [0.4, 0.5) is 8.78 Å². The van der Waals surface area contributed by atoms with Gasteiger partial charge in [0.2, 0.25) is 0 Å². The van der Waals surface area contributed by atoms with E-state index in [0.29, 0.717) is 5.92 Å². The summed E-state index contributed by atoms with van der Waals surface area (Å²) in [7, 11) is 0. The number of benzene rings is 2. The lowest BCUT2D eigenvalue weighted by Crippen LogP contribution is -2.26. The molecule has 2 aromatic carbocycles. The Morgan fingerprint density at radius 3 is 2.33 bits per heavy atom. The second kappa shape index (κ2) is 6.87. The Morgan fingerprint density at radius 2 is 1.62 bits per heavy atom. The van der Waals surface area contributed by atoms with E-state index in [1.165, 1.54) is 24.3 Å². The summed E-state index contributed by atoms with van der Waals surface area (Å²) in [6.45, 7) is 1.94. The summed E-state index contributed by atoms with van der Waals surface area (Å²) in [5, 5.41) is 9.08. The van der Waals surface area contributed by atoms with Gasteiger partial charge in [-0.2, -0.15) is 5.10 Å². The molecule has 1 aromatic heterocycles. The second-order valence-electron chi connectivity index (χ2n) is 5.96. The lowest BCUT2D eigenvalue weighted by molar-refractivity contribution is 0.453. The van der Waals surface area contributed by atoms with Gasteiger partial charge in [-0.05, 0) is 62.3 Å². The first-order valence-electron chi connectivity index (χ1n) is 7.87. The van der Waals surface area contributed by atoms with E-state index in [0.717, 1.165) is 48.2 Å². The summed E-state index contributed by atoms with van der Waals surface area (Å²) >= 11 is 0. The van der Waals surface area contributed by atoms with Gasteiger partial charge >= 0.3 is 0 Å². The van der Waals surface area contributed by atoms with Crippen molar-refractivity contribution in [3.05, 3.63) is 59.8 Å². The monoisotopic (exact) mass is 349 g/mol. The van der Waals surface area contributed by atoms with Crippen molar-refractivity contribution in [2.24, 2.45) is 0 Å². The Kier molecular flexibility index (Phi) is 4.83. The van der Waals surface area contributed by atoms with Crippen LogP contribution in [0.2, 0.25) is 0 Å². The summed E-state index contributed by atoms with van der Waals surface area (Å²) in [5.41, 5.74) is 2.47. The molecule has 24 heavy (non-hydrogen) atoms. The van der Waals surface area contributed by atoms with E-state index in [2.05, 4.69) is 5.32 Å². The first-order valence-corrected chi connectivity index (χ1v) is 7.87. The number of aromatic nitrogens is 2. The van der Waals surface area contributed by atoms with Gasteiger partial charge in [0.1, 0.15) is 11.6 Å². The summed E-state index contributed by atoms with van der Waals surface area (Å²) < 4.78 is 28.6. The molecule has 0 spiro atoms. The molecule has 0 bridgehead atoms. The number of rotatable bonds is 2. The lowest BCUT2D eigenvalue weighted by Gasteiger charge is -2.21. The van der Waals surface area contributed by atoms with Gasteiger partial charge in [0, 0.05) is 17.4 Å². The highest BCUT2D eigenvalue weighted by Crippen LogP contribution is 2.32. The van der Waals surface area contributed by atoms with Gasteiger partial charge in [-0.25, -0.2) is 13.5 Å². The number of fused-ring (bicyclic) bond motifs is 1. The van der Waals surface area contributed by atoms with E-state index in [-0.39, 0.29) is 24.0 Å². The maximum atomic E-state index is 13.7. The zero-order chi connectivity index (χ0) is 15.8. The smallest absolute Gasteiger partial charge is 0.125 e. The van der Waals surface area contributed by atoms with Crippen molar-refractivity contribution in [3.8, 4) is 5.69 Å². The Bertz CT molecular complexity index is 839.